The smallest absolute Gasteiger partial charge is 0.162 e. The molecule has 1 saturated heterocycles. The molecule has 0 atom stereocenters. The fraction of sp³-hybridized carbons (Fsp3) is 0.500. The highest BCUT2D eigenvalue weighted by molar-refractivity contribution is 6.31. The molecule has 3 heteroatoms. The van der Waals surface area contributed by atoms with Crippen LogP contribution in [-0.2, 0) is 0 Å². The second-order valence-electron chi connectivity index (χ2n) is 4.67. The van der Waals surface area contributed by atoms with E-state index in [0.29, 0.717) is 17.4 Å². The lowest BCUT2D eigenvalue weighted by Crippen LogP contribution is -2.27. The molecule has 0 radical (unpaired) electrons. The maximum atomic E-state index is 12.0. The van der Waals surface area contributed by atoms with E-state index < -0.39 is 0 Å². The van der Waals surface area contributed by atoms with Gasteiger partial charge in [0.05, 0.1) is 0 Å². The number of hydrogen-bond acceptors (Lipinski definition) is 2. The number of nitrogens with one attached hydrogen (secondary N) is 1. The van der Waals surface area contributed by atoms with Crippen LogP contribution in [0.5, 0.6) is 0 Å². The molecule has 1 aliphatic heterocycles. The second kappa shape index (κ2) is 6.18. The first kappa shape index (κ1) is 12.6. The summed E-state index contributed by atoms with van der Waals surface area (Å²) in [5, 5.41) is 3.98. The van der Waals surface area contributed by atoms with Crippen molar-refractivity contribution in [1.29, 1.82) is 0 Å². The average molecular weight is 252 g/mol. The molecule has 0 saturated carbocycles. The molecule has 0 spiro atoms. The Morgan fingerprint density at radius 2 is 2.12 bits per heavy atom. The van der Waals surface area contributed by atoms with Crippen molar-refractivity contribution in [2.24, 2.45) is 5.92 Å². The van der Waals surface area contributed by atoms with Crippen LogP contribution in [0.25, 0.3) is 0 Å². The SMILES string of the molecule is O=C(CCC1CCNCC1)c1cccc(Cl)c1. The van der Waals surface area contributed by atoms with Gasteiger partial charge in [0.15, 0.2) is 5.78 Å². The van der Waals surface area contributed by atoms with Crippen LogP contribution in [0, 0.1) is 5.92 Å². The van der Waals surface area contributed by atoms with Gasteiger partial charge in [-0.05, 0) is 50.4 Å². The summed E-state index contributed by atoms with van der Waals surface area (Å²) >= 11 is 5.88. The summed E-state index contributed by atoms with van der Waals surface area (Å²) in [7, 11) is 0. The van der Waals surface area contributed by atoms with Crippen molar-refractivity contribution in [2.75, 3.05) is 13.1 Å². The van der Waals surface area contributed by atoms with Gasteiger partial charge in [0.25, 0.3) is 0 Å². The topological polar surface area (TPSA) is 29.1 Å². The van der Waals surface area contributed by atoms with E-state index in [1.165, 1.54) is 12.8 Å². The van der Waals surface area contributed by atoms with E-state index in [9.17, 15) is 4.79 Å². The van der Waals surface area contributed by atoms with Gasteiger partial charge in [-0.2, -0.15) is 0 Å². The van der Waals surface area contributed by atoms with Crippen molar-refractivity contribution in [3.05, 3.63) is 34.9 Å². The van der Waals surface area contributed by atoms with Gasteiger partial charge in [-0.1, -0.05) is 23.7 Å². The highest BCUT2D eigenvalue weighted by Crippen LogP contribution is 2.20. The number of rotatable bonds is 4. The molecule has 1 fully saturated rings. The largest absolute Gasteiger partial charge is 0.317 e. The predicted molar refractivity (Wildman–Crippen MR) is 70.6 cm³/mol. The molecule has 0 aromatic heterocycles. The quantitative estimate of drug-likeness (QED) is 0.832. The molecule has 2 rings (SSSR count). The number of piperidine rings is 1. The Hall–Kier alpha value is -0.860. The van der Waals surface area contributed by atoms with Crippen LogP contribution in [0.15, 0.2) is 24.3 Å². The van der Waals surface area contributed by atoms with Crippen molar-refractivity contribution in [3.63, 3.8) is 0 Å². The lowest BCUT2D eigenvalue weighted by Gasteiger charge is -2.22. The van der Waals surface area contributed by atoms with E-state index >= 15 is 0 Å². The second-order valence-corrected chi connectivity index (χ2v) is 5.10. The number of carbonyl (C=O) groups is 1. The number of hydrogen-bond donors (Lipinski definition) is 1. The number of carbonyl (C=O) groups excluding carboxylic acids is 1. The first-order valence-corrected chi connectivity index (χ1v) is 6.63. The lowest BCUT2D eigenvalue weighted by molar-refractivity contribution is 0.0971. The van der Waals surface area contributed by atoms with Crippen molar-refractivity contribution < 1.29 is 4.79 Å². The van der Waals surface area contributed by atoms with E-state index in [-0.39, 0.29) is 5.78 Å². The van der Waals surface area contributed by atoms with Crippen LogP contribution >= 0.6 is 11.6 Å². The summed E-state index contributed by atoms with van der Waals surface area (Å²) in [6, 6.07) is 7.23. The molecule has 1 aromatic carbocycles. The monoisotopic (exact) mass is 251 g/mol. The van der Waals surface area contributed by atoms with Crippen molar-refractivity contribution in [3.8, 4) is 0 Å². The molecule has 0 bridgehead atoms. The van der Waals surface area contributed by atoms with Crippen molar-refractivity contribution in [2.45, 2.75) is 25.7 Å². The Morgan fingerprint density at radius 1 is 1.35 bits per heavy atom. The summed E-state index contributed by atoms with van der Waals surface area (Å²) in [5.74, 6) is 0.922. The summed E-state index contributed by atoms with van der Waals surface area (Å²) in [6.45, 7) is 2.19. The van der Waals surface area contributed by atoms with E-state index in [0.717, 1.165) is 25.1 Å². The predicted octanol–water partition coefficient (Wildman–Crippen LogP) is 3.30. The van der Waals surface area contributed by atoms with Gasteiger partial charge < -0.3 is 5.32 Å². The fourth-order valence-corrected chi connectivity index (χ4v) is 2.50. The van der Waals surface area contributed by atoms with Gasteiger partial charge in [0.2, 0.25) is 0 Å². The summed E-state index contributed by atoms with van der Waals surface area (Å²) in [5.41, 5.74) is 0.742. The first-order valence-electron chi connectivity index (χ1n) is 6.25. The van der Waals surface area contributed by atoms with Crippen LogP contribution in [0.2, 0.25) is 5.02 Å². The summed E-state index contributed by atoms with van der Waals surface area (Å²) in [4.78, 5) is 12.0. The van der Waals surface area contributed by atoms with E-state index in [4.69, 9.17) is 11.6 Å². The molecule has 1 aromatic rings. The highest BCUT2D eigenvalue weighted by Gasteiger charge is 2.15. The van der Waals surface area contributed by atoms with Gasteiger partial charge in [-0.15, -0.1) is 0 Å². The average Bonchev–Trinajstić information content (AvgIpc) is 2.37. The Morgan fingerprint density at radius 3 is 2.82 bits per heavy atom. The molecular weight excluding hydrogens is 234 g/mol. The van der Waals surface area contributed by atoms with Crippen molar-refractivity contribution >= 4 is 17.4 Å². The third-order valence-corrected chi connectivity index (χ3v) is 3.62. The molecule has 1 N–H and O–H groups in total. The zero-order chi connectivity index (χ0) is 12.1. The normalized spacial score (nSPS) is 17.0. The van der Waals surface area contributed by atoms with Crippen LogP contribution in [-0.4, -0.2) is 18.9 Å². The highest BCUT2D eigenvalue weighted by atomic mass is 35.5. The molecule has 1 aliphatic rings. The van der Waals surface area contributed by atoms with Crippen LogP contribution < -0.4 is 5.32 Å². The first-order chi connectivity index (χ1) is 8.25. The zero-order valence-corrected chi connectivity index (χ0v) is 10.7. The maximum Gasteiger partial charge on any atom is 0.162 e. The number of Topliss-reactive ketones (excluding diaryl/α,β-unsaturated/α-hetero) is 1. The van der Waals surface area contributed by atoms with E-state index in [1.807, 2.05) is 12.1 Å². The minimum absolute atomic E-state index is 0.214. The Labute approximate surface area is 107 Å². The zero-order valence-electron chi connectivity index (χ0n) is 9.92. The number of halogens is 1. The minimum Gasteiger partial charge on any atom is -0.317 e. The van der Waals surface area contributed by atoms with Gasteiger partial charge in [0, 0.05) is 17.0 Å². The molecule has 2 nitrogen and oxygen atoms in total. The maximum absolute atomic E-state index is 12.0. The molecule has 17 heavy (non-hydrogen) atoms. The molecule has 0 amide bonds. The Balaban J connectivity index is 1.84. The van der Waals surface area contributed by atoms with E-state index in [2.05, 4.69) is 5.32 Å². The lowest BCUT2D eigenvalue weighted by atomic mass is 9.91. The van der Waals surface area contributed by atoms with Gasteiger partial charge in [-0.25, -0.2) is 0 Å². The third-order valence-electron chi connectivity index (χ3n) is 3.38. The van der Waals surface area contributed by atoms with Crippen LogP contribution in [0.1, 0.15) is 36.0 Å². The van der Waals surface area contributed by atoms with E-state index in [1.54, 1.807) is 12.1 Å². The third kappa shape index (κ3) is 3.83. The standard InChI is InChI=1S/C14H18ClNO/c15-13-3-1-2-12(10-13)14(17)5-4-11-6-8-16-9-7-11/h1-3,10-11,16H,4-9H2. The van der Waals surface area contributed by atoms with Gasteiger partial charge >= 0.3 is 0 Å². The summed E-state index contributed by atoms with van der Waals surface area (Å²) in [6.07, 6.45) is 4.05. The molecular formula is C14H18ClNO. The van der Waals surface area contributed by atoms with Gasteiger partial charge in [0.1, 0.15) is 0 Å². The number of benzene rings is 1. The minimum atomic E-state index is 0.214. The Bertz CT molecular complexity index is 386. The molecule has 0 unspecified atom stereocenters. The van der Waals surface area contributed by atoms with Gasteiger partial charge in [-0.3, -0.25) is 4.79 Å². The van der Waals surface area contributed by atoms with Crippen molar-refractivity contribution in [1.82, 2.24) is 5.32 Å². The Kier molecular flexibility index (Phi) is 4.57. The summed E-state index contributed by atoms with van der Waals surface area (Å²) < 4.78 is 0. The molecule has 1 heterocycles. The van der Waals surface area contributed by atoms with Crippen LogP contribution in [0.3, 0.4) is 0 Å². The number of ketones is 1. The molecule has 92 valence electrons. The molecule has 0 aliphatic carbocycles. The van der Waals surface area contributed by atoms with Crippen LogP contribution in [0.4, 0.5) is 0 Å². The fourth-order valence-electron chi connectivity index (χ4n) is 2.31.